The Morgan fingerprint density at radius 1 is 1.05 bits per heavy atom. The first-order valence-corrected chi connectivity index (χ1v) is 8.70. The summed E-state index contributed by atoms with van der Waals surface area (Å²) in [4.78, 5) is 0.242. The second kappa shape index (κ2) is 7.13. The molecule has 0 saturated heterocycles. The number of hydrogen-bond acceptors (Lipinski definition) is 3. The monoisotopic (exact) mass is 339 g/mol. The van der Waals surface area contributed by atoms with Crippen molar-refractivity contribution in [3.63, 3.8) is 0 Å². The lowest BCUT2D eigenvalue weighted by atomic mass is 10.2. The molecule has 0 saturated carbocycles. The van der Waals surface area contributed by atoms with Gasteiger partial charge in [0.2, 0.25) is 10.0 Å². The Kier molecular flexibility index (Phi) is 5.45. The minimum atomic E-state index is -3.51. The number of hydrogen-bond donors (Lipinski definition) is 1. The Morgan fingerprint density at radius 3 is 2.36 bits per heavy atom. The number of halogens is 1. The van der Waals surface area contributed by atoms with Crippen molar-refractivity contribution in [2.24, 2.45) is 0 Å². The van der Waals surface area contributed by atoms with Crippen LogP contribution in [0.15, 0.2) is 47.4 Å². The predicted molar refractivity (Wildman–Crippen MR) is 88.1 cm³/mol. The van der Waals surface area contributed by atoms with Crippen molar-refractivity contribution >= 4 is 21.6 Å². The van der Waals surface area contributed by atoms with E-state index >= 15 is 0 Å². The van der Waals surface area contributed by atoms with Crippen LogP contribution in [0.5, 0.6) is 5.75 Å². The van der Waals surface area contributed by atoms with Crippen LogP contribution in [-0.4, -0.2) is 21.6 Å². The van der Waals surface area contributed by atoms with Crippen LogP contribution in [0.2, 0.25) is 5.02 Å². The van der Waals surface area contributed by atoms with Gasteiger partial charge < -0.3 is 4.74 Å². The molecule has 2 aromatic carbocycles. The van der Waals surface area contributed by atoms with Crippen LogP contribution in [-0.2, 0) is 10.0 Å². The lowest BCUT2D eigenvalue weighted by molar-refractivity contribution is 0.323. The summed E-state index contributed by atoms with van der Waals surface area (Å²) in [6.45, 7) is 4.21. The first-order chi connectivity index (χ1) is 10.4. The van der Waals surface area contributed by atoms with Gasteiger partial charge in [-0.3, -0.25) is 0 Å². The van der Waals surface area contributed by atoms with E-state index in [9.17, 15) is 8.42 Å². The molecule has 0 atom stereocenters. The Morgan fingerprint density at radius 2 is 1.68 bits per heavy atom. The predicted octanol–water partition coefficient (Wildman–Crippen LogP) is 3.31. The molecule has 4 nitrogen and oxygen atoms in total. The topological polar surface area (TPSA) is 55.4 Å². The van der Waals surface area contributed by atoms with E-state index in [2.05, 4.69) is 4.72 Å². The van der Waals surface area contributed by atoms with Crippen molar-refractivity contribution in [1.82, 2.24) is 4.72 Å². The molecule has 0 aliphatic rings. The number of benzene rings is 2. The maximum atomic E-state index is 12.1. The highest BCUT2D eigenvalue weighted by molar-refractivity contribution is 7.89. The molecular weight excluding hydrogens is 322 g/mol. The minimum Gasteiger partial charge on any atom is -0.491 e. The summed E-state index contributed by atoms with van der Waals surface area (Å²) in [6.07, 6.45) is 0. The molecule has 0 bridgehead atoms. The first kappa shape index (κ1) is 16.8. The van der Waals surface area contributed by atoms with Crippen LogP contribution >= 0.6 is 11.6 Å². The highest BCUT2D eigenvalue weighted by atomic mass is 35.5. The van der Waals surface area contributed by atoms with Gasteiger partial charge in [-0.2, -0.15) is 0 Å². The van der Waals surface area contributed by atoms with E-state index in [0.717, 1.165) is 11.1 Å². The maximum Gasteiger partial charge on any atom is 0.240 e. The number of nitrogens with one attached hydrogen (secondary N) is 1. The van der Waals surface area contributed by atoms with Crippen LogP contribution in [0.3, 0.4) is 0 Å². The molecule has 0 spiro atoms. The molecule has 6 heteroatoms. The van der Waals surface area contributed by atoms with Crippen molar-refractivity contribution < 1.29 is 13.2 Å². The zero-order valence-electron chi connectivity index (χ0n) is 12.5. The quantitative estimate of drug-likeness (QED) is 0.821. The van der Waals surface area contributed by atoms with Crippen molar-refractivity contribution in [3.05, 3.63) is 58.6 Å². The van der Waals surface area contributed by atoms with E-state index in [0.29, 0.717) is 10.8 Å². The maximum absolute atomic E-state index is 12.1. The van der Waals surface area contributed by atoms with E-state index in [-0.39, 0.29) is 18.0 Å². The molecule has 0 amide bonds. The number of sulfonamides is 1. The van der Waals surface area contributed by atoms with Gasteiger partial charge in [0.15, 0.2) is 0 Å². The molecule has 0 aliphatic carbocycles. The fraction of sp³-hybridized carbons (Fsp3) is 0.250. The summed E-state index contributed by atoms with van der Waals surface area (Å²) in [6, 6.07) is 12.1. The molecule has 0 aromatic heterocycles. The van der Waals surface area contributed by atoms with E-state index in [1.165, 1.54) is 0 Å². The molecule has 22 heavy (non-hydrogen) atoms. The van der Waals surface area contributed by atoms with Crippen molar-refractivity contribution in [3.8, 4) is 5.75 Å². The largest absolute Gasteiger partial charge is 0.491 e. The van der Waals surface area contributed by atoms with Crippen molar-refractivity contribution in [1.29, 1.82) is 0 Å². The standard InChI is InChI=1S/C16H18ClNO3S/c1-12-3-6-14(7-4-12)22(19,20)18-9-10-21-16-11-13(2)5-8-15(16)17/h3-8,11,18H,9-10H2,1-2H3. The molecule has 0 fully saturated rings. The third kappa shape index (κ3) is 4.47. The average molecular weight is 340 g/mol. The average Bonchev–Trinajstić information content (AvgIpc) is 2.47. The normalized spacial score (nSPS) is 11.4. The van der Waals surface area contributed by atoms with Crippen molar-refractivity contribution in [2.75, 3.05) is 13.2 Å². The molecule has 0 heterocycles. The molecule has 1 N–H and O–H groups in total. The Bertz CT molecular complexity index is 742. The third-order valence-corrected chi connectivity index (χ3v) is 4.86. The van der Waals surface area contributed by atoms with Gasteiger partial charge in [0.05, 0.1) is 9.92 Å². The van der Waals surface area contributed by atoms with Crippen LogP contribution < -0.4 is 9.46 Å². The molecular formula is C16H18ClNO3S. The SMILES string of the molecule is Cc1ccc(S(=O)(=O)NCCOc2cc(C)ccc2Cl)cc1. The van der Waals surface area contributed by atoms with Crippen LogP contribution in [0.4, 0.5) is 0 Å². The molecule has 2 aromatic rings. The molecule has 2 rings (SSSR count). The summed E-state index contributed by atoms with van der Waals surface area (Å²) in [5, 5.41) is 0.506. The highest BCUT2D eigenvalue weighted by Gasteiger charge is 2.12. The molecule has 0 radical (unpaired) electrons. The lowest BCUT2D eigenvalue weighted by Crippen LogP contribution is -2.28. The van der Waals surface area contributed by atoms with Gasteiger partial charge in [-0.25, -0.2) is 13.1 Å². The van der Waals surface area contributed by atoms with E-state index in [4.69, 9.17) is 16.3 Å². The summed E-state index contributed by atoms with van der Waals surface area (Å²) >= 11 is 6.01. The van der Waals surface area contributed by atoms with Gasteiger partial charge in [0.1, 0.15) is 12.4 Å². The van der Waals surface area contributed by atoms with E-state index < -0.39 is 10.0 Å². The zero-order chi connectivity index (χ0) is 16.2. The summed E-state index contributed by atoms with van der Waals surface area (Å²) < 4.78 is 32.2. The summed E-state index contributed by atoms with van der Waals surface area (Å²) in [5.74, 6) is 0.552. The van der Waals surface area contributed by atoms with Gasteiger partial charge in [0, 0.05) is 6.54 Å². The summed E-state index contributed by atoms with van der Waals surface area (Å²) in [7, 11) is -3.51. The first-order valence-electron chi connectivity index (χ1n) is 6.84. The number of ether oxygens (including phenoxy) is 1. The summed E-state index contributed by atoms with van der Waals surface area (Å²) in [5.41, 5.74) is 2.04. The van der Waals surface area contributed by atoms with Crippen LogP contribution in [0.1, 0.15) is 11.1 Å². The number of rotatable bonds is 6. The number of aryl methyl sites for hydroxylation is 2. The minimum absolute atomic E-state index is 0.167. The zero-order valence-corrected chi connectivity index (χ0v) is 14.0. The van der Waals surface area contributed by atoms with E-state index in [1.54, 1.807) is 30.3 Å². The van der Waals surface area contributed by atoms with Gasteiger partial charge in [0.25, 0.3) is 0 Å². The Labute approximate surface area is 136 Å². The molecule has 0 aliphatic heterocycles. The van der Waals surface area contributed by atoms with Gasteiger partial charge >= 0.3 is 0 Å². The van der Waals surface area contributed by atoms with E-state index in [1.807, 2.05) is 26.0 Å². The highest BCUT2D eigenvalue weighted by Crippen LogP contribution is 2.25. The molecule has 118 valence electrons. The lowest BCUT2D eigenvalue weighted by Gasteiger charge is -2.10. The smallest absolute Gasteiger partial charge is 0.240 e. The Balaban J connectivity index is 1.90. The Hall–Kier alpha value is -1.56. The van der Waals surface area contributed by atoms with Gasteiger partial charge in [-0.05, 0) is 43.7 Å². The third-order valence-electron chi connectivity index (χ3n) is 3.07. The second-order valence-electron chi connectivity index (χ2n) is 4.99. The van der Waals surface area contributed by atoms with Crippen molar-refractivity contribution in [2.45, 2.75) is 18.7 Å². The van der Waals surface area contributed by atoms with Gasteiger partial charge in [-0.15, -0.1) is 0 Å². The van der Waals surface area contributed by atoms with Crippen LogP contribution in [0.25, 0.3) is 0 Å². The van der Waals surface area contributed by atoms with Crippen LogP contribution in [0, 0.1) is 13.8 Å². The van der Waals surface area contributed by atoms with Gasteiger partial charge in [-0.1, -0.05) is 35.4 Å². The second-order valence-corrected chi connectivity index (χ2v) is 7.17. The molecule has 0 unspecified atom stereocenters. The fourth-order valence-electron chi connectivity index (χ4n) is 1.86. The fourth-order valence-corrected chi connectivity index (χ4v) is 3.04.